The maximum Gasteiger partial charge on any atom is 0.269 e. The summed E-state index contributed by atoms with van der Waals surface area (Å²) in [7, 11) is 0. The van der Waals surface area contributed by atoms with E-state index < -0.39 is 4.92 Å². The van der Waals surface area contributed by atoms with E-state index in [-0.39, 0.29) is 11.6 Å². The lowest BCUT2D eigenvalue weighted by Gasteiger charge is -1.99. The van der Waals surface area contributed by atoms with Crippen LogP contribution in [0.2, 0.25) is 0 Å². The number of nitrogens with zero attached hydrogens (tertiary/aromatic N) is 1. The van der Waals surface area contributed by atoms with Gasteiger partial charge in [-0.3, -0.25) is 14.9 Å². The molecule has 0 amide bonds. The number of hydrogen-bond acceptors (Lipinski definition) is 3. The normalized spacial score (nSPS) is 18.2. The summed E-state index contributed by atoms with van der Waals surface area (Å²) in [6.07, 6.45) is 3.19. The van der Waals surface area contributed by atoms with E-state index in [0.717, 1.165) is 18.4 Å². The first kappa shape index (κ1) is 12.3. The Balaban J connectivity index is 1.97. The quantitative estimate of drug-likeness (QED) is 0.456. The molecule has 1 aliphatic rings. The van der Waals surface area contributed by atoms with Gasteiger partial charge >= 0.3 is 0 Å². The minimum absolute atomic E-state index is 0.0616. The van der Waals surface area contributed by atoms with Crippen LogP contribution in [0.25, 0.3) is 0 Å². The van der Waals surface area contributed by atoms with E-state index in [4.69, 9.17) is 0 Å². The van der Waals surface area contributed by atoms with Crippen LogP contribution >= 0.6 is 0 Å². The second-order valence-electron chi connectivity index (χ2n) is 4.37. The summed E-state index contributed by atoms with van der Waals surface area (Å²) in [5.74, 6) is 6.32. The Morgan fingerprint density at radius 2 is 2.06 bits per heavy atom. The number of carbonyl (C=O) groups is 1. The Kier molecular flexibility index (Phi) is 3.73. The summed E-state index contributed by atoms with van der Waals surface area (Å²) < 4.78 is 0. The third-order valence-corrected chi connectivity index (χ3v) is 3.09. The molecule has 0 N–H and O–H groups in total. The number of non-ortho nitro benzene ring substituents is 1. The molecule has 92 valence electrons. The largest absolute Gasteiger partial charge is 0.299 e. The van der Waals surface area contributed by atoms with Crippen molar-refractivity contribution < 1.29 is 9.72 Å². The molecule has 0 bridgehead atoms. The summed E-state index contributed by atoms with van der Waals surface area (Å²) in [5, 5.41) is 10.5. The van der Waals surface area contributed by atoms with E-state index in [1.54, 1.807) is 12.1 Å². The fourth-order valence-electron chi connectivity index (χ4n) is 2.05. The third kappa shape index (κ3) is 2.95. The molecule has 0 saturated heterocycles. The van der Waals surface area contributed by atoms with Gasteiger partial charge in [-0.15, -0.1) is 0 Å². The van der Waals surface area contributed by atoms with E-state index in [1.165, 1.54) is 12.1 Å². The number of Topliss-reactive ketones (excluding diaryl/α,β-unsaturated/α-hetero) is 1. The molecule has 2 rings (SSSR count). The summed E-state index contributed by atoms with van der Waals surface area (Å²) in [5.41, 5.74) is 0.803. The number of benzene rings is 1. The summed E-state index contributed by atoms with van der Waals surface area (Å²) in [6.45, 7) is 0. The zero-order chi connectivity index (χ0) is 13.0. The highest BCUT2D eigenvalue weighted by Crippen LogP contribution is 2.23. The van der Waals surface area contributed by atoms with Crippen LogP contribution in [0.3, 0.4) is 0 Å². The van der Waals surface area contributed by atoms with Crippen LogP contribution in [0.4, 0.5) is 5.69 Å². The number of rotatable bonds is 2. The molecule has 18 heavy (non-hydrogen) atoms. The van der Waals surface area contributed by atoms with Gasteiger partial charge in [0.15, 0.2) is 0 Å². The molecule has 1 aromatic carbocycles. The van der Waals surface area contributed by atoms with E-state index in [9.17, 15) is 14.9 Å². The molecule has 4 heteroatoms. The molecular formula is C14H13NO3. The van der Waals surface area contributed by atoms with Gasteiger partial charge in [-0.2, -0.15) is 0 Å². The Bertz CT molecular complexity index is 522. The monoisotopic (exact) mass is 243 g/mol. The lowest BCUT2D eigenvalue weighted by molar-refractivity contribution is -0.384. The molecule has 0 spiro atoms. The van der Waals surface area contributed by atoms with E-state index in [0.29, 0.717) is 18.6 Å². The predicted octanol–water partition coefficient (Wildman–Crippen LogP) is 2.71. The molecule has 0 aliphatic heterocycles. The highest BCUT2D eigenvalue weighted by Gasteiger charge is 2.22. The van der Waals surface area contributed by atoms with Gasteiger partial charge in [0, 0.05) is 36.5 Å². The van der Waals surface area contributed by atoms with Gasteiger partial charge in [0.2, 0.25) is 0 Å². The molecule has 0 heterocycles. The Morgan fingerprint density at radius 1 is 1.33 bits per heavy atom. The van der Waals surface area contributed by atoms with Crippen molar-refractivity contribution in [2.75, 3.05) is 0 Å². The summed E-state index contributed by atoms with van der Waals surface area (Å²) in [4.78, 5) is 21.4. The van der Waals surface area contributed by atoms with E-state index >= 15 is 0 Å². The van der Waals surface area contributed by atoms with Crippen molar-refractivity contribution in [3.8, 4) is 11.8 Å². The predicted molar refractivity (Wildman–Crippen MR) is 66.9 cm³/mol. The van der Waals surface area contributed by atoms with Gasteiger partial charge in [0.1, 0.15) is 5.78 Å². The topological polar surface area (TPSA) is 60.2 Å². The molecule has 0 aromatic heterocycles. The highest BCUT2D eigenvalue weighted by atomic mass is 16.6. The zero-order valence-electron chi connectivity index (χ0n) is 9.89. The molecule has 0 radical (unpaired) electrons. The molecule has 1 unspecified atom stereocenters. The number of ketones is 1. The van der Waals surface area contributed by atoms with Crippen molar-refractivity contribution in [3.05, 3.63) is 39.9 Å². The van der Waals surface area contributed by atoms with Crippen LogP contribution < -0.4 is 0 Å². The minimum Gasteiger partial charge on any atom is -0.299 e. The maximum absolute atomic E-state index is 11.4. The second-order valence-corrected chi connectivity index (χ2v) is 4.37. The Labute approximate surface area is 105 Å². The smallest absolute Gasteiger partial charge is 0.269 e. The van der Waals surface area contributed by atoms with Gasteiger partial charge in [-0.05, 0) is 25.0 Å². The molecule has 1 atom stereocenters. The highest BCUT2D eigenvalue weighted by molar-refractivity contribution is 5.83. The fourth-order valence-corrected chi connectivity index (χ4v) is 2.05. The summed E-state index contributed by atoms with van der Waals surface area (Å²) >= 11 is 0. The molecule has 1 aromatic rings. The minimum atomic E-state index is -0.436. The van der Waals surface area contributed by atoms with Crippen molar-refractivity contribution in [3.63, 3.8) is 0 Å². The van der Waals surface area contributed by atoms with Crippen LogP contribution in [0.15, 0.2) is 24.3 Å². The van der Waals surface area contributed by atoms with Crippen LogP contribution in [0.1, 0.15) is 31.2 Å². The zero-order valence-corrected chi connectivity index (χ0v) is 9.89. The first-order chi connectivity index (χ1) is 8.66. The second kappa shape index (κ2) is 5.46. The van der Waals surface area contributed by atoms with Crippen LogP contribution in [0.5, 0.6) is 0 Å². The third-order valence-electron chi connectivity index (χ3n) is 3.09. The number of nitro groups is 1. The first-order valence-electron chi connectivity index (χ1n) is 5.93. The van der Waals surface area contributed by atoms with Crippen molar-refractivity contribution in [1.82, 2.24) is 0 Å². The van der Waals surface area contributed by atoms with Gasteiger partial charge in [-0.1, -0.05) is 11.8 Å². The fraction of sp³-hybridized carbons (Fsp3) is 0.357. The van der Waals surface area contributed by atoms with Crippen molar-refractivity contribution in [1.29, 1.82) is 0 Å². The van der Waals surface area contributed by atoms with Gasteiger partial charge in [-0.25, -0.2) is 0 Å². The van der Waals surface area contributed by atoms with Crippen LogP contribution in [0, 0.1) is 27.9 Å². The SMILES string of the molecule is O=C1CCCC1CC#Cc1ccc([N+](=O)[O-])cc1. The molecule has 1 saturated carbocycles. The van der Waals surface area contributed by atoms with Crippen molar-refractivity contribution >= 4 is 11.5 Å². The van der Waals surface area contributed by atoms with Crippen LogP contribution in [-0.2, 0) is 4.79 Å². The summed E-state index contributed by atoms with van der Waals surface area (Å²) in [6, 6.07) is 6.12. The van der Waals surface area contributed by atoms with E-state index in [1.807, 2.05) is 0 Å². The average Bonchev–Trinajstić information content (AvgIpc) is 2.76. The van der Waals surface area contributed by atoms with Crippen molar-refractivity contribution in [2.45, 2.75) is 25.7 Å². The van der Waals surface area contributed by atoms with Crippen LogP contribution in [-0.4, -0.2) is 10.7 Å². The number of nitro benzene ring substituents is 1. The molecular weight excluding hydrogens is 230 g/mol. The van der Waals surface area contributed by atoms with Gasteiger partial charge < -0.3 is 0 Å². The maximum atomic E-state index is 11.4. The number of carbonyl (C=O) groups excluding carboxylic acids is 1. The van der Waals surface area contributed by atoms with Crippen molar-refractivity contribution in [2.24, 2.45) is 5.92 Å². The average molecular weight is 243 g/mol. The lowest BCUT2D eigenvalue weighted by atomic mass is 10.0. The van der Waals surface area contributed by atoms with Gasteiger partial charge in [0.25, 0.3) is 5.69 Å². The molecule has 1 aliphatic carbocycles. The Hall–Kier alpha value is -2.15. The first-order valence-corrected chi connectivity index (χ1v) is 5.93. The standard InChI is InChI=1S/C14H13NO3/c16-14-6-2-5-12(14)4-1-3-11-7-9-13(10-8-11)15(17)18/h7-10,12H,2,4-6H2. The van der Waals surface area contributed by atoms with Gasteiger partial charge in [0.05, 0.1) is 4.92 Å². The van der Waals surface area contributed by atoms with E-state index in [2.05, 4.69) is 11.8 Å². The number of hydrogen-bond donors (Lipinski definition) is 0. The molecule has 4 nitrogen and oxygen atoms in total. The lowest BCUT2D eigenvalue weighted by Crippen LogP contribution is -2.04. The Morgan fingerprint density at radius 3 is 2.61 bits per heavy atom. The molecule has 1 fully saturated rings.